The fourth-order valence-electron chi connectivity index (χ4n) is 3.26. The van der Waals surface area contributed by atoms with E-state index < -0.39 is 17.5 Å². The fourth-order valence-corrected chi connectivity index (χ4v) is 3.26. The lowest BCUT2D eigenvalue weighted by atomic mass is 9.94. The summed E-state index contributed by atoms with van der Waals surface area (Å²) >= 11 is 0. The largest absolute Gasteiger partial charge is 0.345 e. The molecule has 0 bridgehead atoms. The van der Waals surface area contributed by atoms with Gasteiger partial charge in [0.15, 0.2) is 0 Å². The molecule has 0 spiro atoms. The van der Waals surface area contributed by atoms with Crippen LogP contribution in [0.2, 0.25) is 0 Å². The minimum Gasteiger partial charge on any atom is -0.345 e. The van der Waals surface area contributed by atoms with Crippen LogP contribution in [0.15, 0.2) is 18.2 Å². The molecule has 1 aliphatic rings. The maximum absolute atomic E-state index is 13.8. The summed E-state index contributed by atoms with van der Waals surface area (Å²) in [5.41, 5.74) is 5.90. The van der Waals surface area contributed by atoms with Gasteiger partial charge < -0.3 is 15.5 Å². The third-order valence-corrected chi connectivity index (χ3v) is 5.32. The maximum atomic E-state index is 13.8. The van der Waals surface area contributed by atoms with Crippen molar-refractivity contribution in [1.82, 2.24) is 9.80 Å². The Morgan fingerprint density at radius 3 is 2.44 bits per heavy atom. The Morgan fingerprint density at radius 1 is 1.26 bits per heavy atom. The Morgan fingerprint density at radius 2 is 1.89 bits per heavy atom. The molecule has 0 radical (unpaired) electrons. The zero-order valence-electron chi connectivity index (χ0n) is 16.3. The Balaban J connectivity index is 1.87. The number of hydrogen-bond acceptors (Lipinski definition) is 3. The standard InChI is InChI=1S/C20H29F2N3O2/c1-13(2)18(23)8-9-24(3)19(26)14-6-10-25(11-7-14)20(27)16-5-4-15(21)12-17(16)22/h4-5,12-14,18H,6-11,23H2,1-3H3. The van der Waals surface area contributed by atoms with E-state index in [0.29, 0.717) is 44.5 Å². The van der Waals surface area contributed by atoms with E-state index in [0.717, 1.165) is 18.6 Å². The molecule has 0 aromatic heterocycles. The van der Waals surface area contributed by atoms with Crippen LogP contribution < -0.4 is 5.73 Å². The number of carbonyl (C=O) groups is 2. The first-order valence-corrected chi connectivity index (χ1v) is 9.45. The molecule has 1 aromatic carbocycles. The van der Waals surface area contributed by atoms with Gasteiger partial charge in [0.25, 0.3) is 5.91 Å². The van der Waals surface area contributed by atoms with Gasteiger partial charge in [-0.3, -0.25) is 9.59 Å². The highest BCUT2D eigenvalue weighted by Crippen LogP contribution is 2.22. The number of amides is 2. The molecule has 1 heterocycles. The van der Waals surface area contributed by atoms with E-state index in [9.17, 15) is 18.4 Å². The second kappa shape index (κ2) is 9.26. The summed E-state index contributed by atoms with van der Waals surface area (Å²) in [6.07, 6.45) is 1.82. The second-order valence-electron chi connectivity index (χ2n) is 7.65. The minimum absolute atomic E-state index is 0.0605. The topological polar surface area (TPSA) is 66.6 Å². The normalized spacial score (nSPS) is 16.5. The molecule has 5 nitrogen and oxygen atoms in total. The molecule has 7 heteroatoms. The zero-order chi connectivity index (χ0) is 20.1. The SMILES string of the molecule is CC(C)C(N)CCN(C)C(=O)C1CCN(C(=O)c2ccc(F)cc2F)CC1. The summed E-state index contributed by atoms with van der Waals surface area (Å²) < 4.78 is 26.8. The van der Waals surface area contributed by atoms with Crippen molar-refractivity contribution in [2.45, 2.75) is 39.2 Å². The molecule has 27 heavy (non-hydrogen) atoms. The third-order valence-electron chi connectivity index (χ3n) is 5.32. The van der Waals surface area contributed by atoms with Crippen LogP contribution >= 0.6 is 0 Å². The lowest BCUT2D eigenvalue weighted by Crippen LogP contribution is -2.44. The van der Waals surface area contributed by atoms with Gasteiger partial charge in [0, 0.05) is 44.7 Å². The highest BCUT2D eigenvalue weighted by atomic mass is 19.1. The van der Waals surface area contributed by atoms with Gasteiger partial charge >= 0.3 is 0 Å². The van der Waals surface area contributed by atoms with Gasteiger partial charge in [-0.05, 0) is 37.3 Å². The number of rotatable bonds is 6. The quantitative estimate of drug-likeness (QED) is 0.824. The van der Waals surface area contributed by atoms with Crippen LogP contribution in [0.5, 0.6) is 0 Å². The lowest BCUT2D eigenvalue weighted by molar-refractivity contribution is -0.135. The Bertz CT molecular complexity index is 673. The van der Waals surface area contributed by atoms with Crippen molar-refractivity contribution < 1.29 is 18.4 Å². The molecule has 1 saturated heterocycles. The molecule has 2 rings (SSSR count). The Labute approximate surface area is 159 Å². The number of halogens is 2. The summed E-state index contributed by atoms with van der Waals surface area (Å²) in [4.78, 5) is 28.3. The maximum Gasteiger partial charge on any atom is 0.256 e. The molecule has 0 aliphatic carbocycles. The number of piperidine rings is 1. The predicted molar refractivity (Wildman–Crippen MR) is 100 cm³/mol. The van der Waals surface area contributed by atoms with Crippen LogP contribution in [0.1, 0.15) is 43.5 Å². The Kier molecular flexibility index (Phi) is 7.30. The average molecular weight is 381 g/mol. The molecule has 1 fully saturated rings. The number of hydrogen-bond donors (Lipinski definition) is 1. The lowest BCUT2D eigenvalue weighted by Gasteiger charge is -2.33. The molecular formula is C20H29F2N3O2. The predicted octanol–water partition coefficient (Wildman–Crippen LogP) is 2.65. The van der Waals surface area contributed by atoms with Crippen LogP contribution in [0.3, 0.4) is 0 Å². The average Bonchev–Trinajstić information content (AvgIpc) is 2.64. The minimum atomic E-state index is -0.862. The van der Waals surface area contributed by atoms with Gasteiger partial charge in [-0.2, -0.15) is 0 Å². The van der Waals surface area contributed by atoms with Crippen LogP contribution in [-0.2, 0) is 4.79 Å². The summed E-state index contributed by atoms with van der Waals surface area (Å²) in [5, 5.41) is 0. The van der Waals surface area contributed by atoms with Crippen LogP contribution in [0.4, 0.5) is 8.78 Å². The molecule has 2 N–H and O–H groups in total. The van der Waals surface area contributed by atoms with E-state index in [1.165, 1.54) is 4.90 Å². The van der Waals surface area contributed by atoms with Crippen molar-refractivity contribution in [2.24, 2.45) is 17.6 Å². The van der Waals surface area contributed by atoms with Crippen molar-refractivity contribution in [3.63, 3.8) is 0 Å². The van der Waals surface area contributed by atoms with Gasteiger partial charge in [0.1, 0.15) is 11.6 Å². The van der Waals surface area contributed by atoms with Gasteiger partial charge in [-0.25, -0.2) is 8.78 Å². The van der Waals surface area contributed by atoms with Gasteiger partial charge in [-0.1, -0.05) is 13.8 Å². The van der Waals surface area contributed by atoms with Crippen LogP contribution in [0.25, 0.3) is 0 Å². The smallest absolute Gasteiger partial charge is 0.256 e. The number of nitrogens with two attached hydrogens (primary N) is 1. The first kappa shape index (κ1) is 21.3. The first-order chi connectivity index (χ1) is 12.7. The van der Waals surface area contributed by atoms with Gasteiger partial charge in [0.05, 0.1) is 5.56 Å². The molecule has 150 valence electrons. The number of nitrogens with zero attached hydrogens (tertiary/aromatic N) is 2. The van der Waals surface area contributed by atoms with Crippen LogP contribution in [0, 0.1) is 23.5 Å². The first-order valence-electron chi connectivity index (χ1n) is 9.45. The summed E-state index contributed by atoms with van der Waals surface area (Å²) in [5.74, 6) is -1.75. The van der Waals surface area contributed by atoms with Crippen molar-refractivity contribution in [2.75, 3.05) is 26.7 Å². The van der Waals surface area contributed by atoms with Gasteiger partial charge in [-0.15, -0.1) is 0 Å². The van der Waals surface area contributed by atoms with E-state index in [1.54, 1.807) is 11.9 Å². The number of likely N-dealkylation sites (tertiary alicyclic amines) is 1. The monoisotopic (exact) mass is 381 g/mol. The van der Waals surface area contributed by atoms with Crippen molar-refractivity contribution >= 4 is 11.8 Å². The van der Waals surface area contributed by atoms with Crippen LogP contribution in [-0.4, -0.2) is 54.3 Å². The Hall–Kier alpha value is -2.02. The molecule has 1 atom stereocenters. The van der Waals surface area contributed by atoms with E-state index >= 15 is 0 Å². The summed E-state index contributed by atoms with van der Waals surface area (Å²) in [6, 6.07) is 3.00. The molecule has 1 aliphatic heterocycles. The van der Waals surface area contributed by atoms with E-state index in [-0.39, 0.29) is 23.4 Å². The highest BCUT2D eigenvalue weighted by Gasteiger charge is 2.30. The summed E-state index contributed by atoms with van der Waals surface area (Å²) in [7, 11) is 1.78. The molecular weight excluding hydrogens is 352 g/mol. The van der Waals surface area contributed by atoms with E-state index in [4.69, 9.17) is 5.73 Å². The van der Waals surface area contributed by atoms with Gasteiger partial charge in [0.2, 0.25) is 5.91 Å². The third kappa shape index (κ3) is 5.48. The van der Waals surface area contributed by atoms with Crippen molar-refractivity contribution in [1.29, 1.82) is 0 Å². The zero-order valence-corrected chi connectivity index (χ0v) is 16.3. The number of carbonyl (C=O) groups excluding carboxylic acids is 2. The highest BCUT2D eigenvalue weighted by molar-refractivity contribution is 5.94. The van der Waals surface area contributed by atoms with E-state index in [2.05, 4.69) is 13.8 Å². The van der Waals surface area contributed by atoms with Crippen molar-refractivity contribution in [3.8, 4) is 0 Å². The number of benzene rings is 1. The molecule has 2 amide bonds. The van der Waals surface area contributed by atoms with E-state index in [1.807, 2.05) is 0 Å². The molecule has 1 aromatic rings. The molecule has 0 saturated carbocycles. The van der Waals surface area contributed by atoms with Crippen molar-refractivity contribution in [3.05, 3.63) is 35.4 Å². The second-order valence-corrected chi connectivity index (χ2v) is 7.65. The molecule has 1 unspecified atom stereocenters. The summed E-state index contributed by atoms with van der Waals surface area (Å²) in [6.45, 7) is 5.49. The fraction of sp³-hybridized carbons (Fsp3) is 0.600.